The molecule has 1 aliphatic heterocycles. The van der Waals surface area contributed by atoms with Crippen LogP contribution in [0.3, 0.4) is 0 Å². The van der Waals surface area contributed by atoms with Crippen molar-refractivity contribution in [3.63, 3.8) is 0 Å². The number of hydrogen-bond acceptors (Lipinski definition) is 4. The molecule has 10 heteroatoms. The minimum absolute atomic E-state index is 0.190. The zero-order chi connectivity index (χ0) is 26.5. The molecule has 196 valence electrons. The molecule has 2 aromatic carbocycles. The molecule has 3 aromatic rings. The second kappa shape index (κ2) is 9.68. The van der Waals surface area contributed by atoms with Gasteiger partial charge in [-0.3, -0.25) is 9.69 Å². The maximum atomic E-state index is 14.1. The van der Waals surface area contributed by atoms with Crippen LogP contribution in [0.2, 0.25) is 5.02 Å². The second-order valence-electron chi connectivity index (χ2n) is 10.1. The number of rotatable bonds is 5. The number of carbonyl (C=O) groups excluding carboxylic acids is 1. The van der Waals surface area contributed by atoms with Gasteiger partial charge in [0.25, 0.3) is 5.91 Å². The van der Waals surface area contributed by atoms with E-state index in [2.05, 4.69) is 20.2 Å². The third-order valence-electron chi connectivity index (χ3n) is 7.37. The molecule has 2 atom stereocenters. The number of amides is 1. The first-order chi connectivity index (χ1) is 17.5. The Morgan fingerprint density at radius 1 is 1.11 bits per heavy atom. The van der Waals surface area contributed by atoms with Crippen LogP contribution >= 0.6 is 11.6 Å². The van der Waals surface area contributed by atoms with Crippen LogP contribution in [0.1, 0.15) is 54.2 Å². The van der Waals surface area contributed by atoms with Crippen molar-refractivity contribution in [2.45, 2.75) is 50.9 Å². The Labute approximate surface area is 218 Å². The van der Waals surface area contributed by atoms with Gasteiger partial charge in [-0.2, -0.15) is 13.2 Å². The largest absolute Gasteiger partial charge is 0.417 e. The van der Waals surface area contributed by atoms with E-state index in [1.807, 2.05) is 25.8 Å². The van der Waals surface area contributed by atoms with Gasteiger partial charge >= 0.3 is 6.18 Å². The molecule has 37 heavy (non-hydrogen) atoms. The van der Waals surface area contributed by atoms with Gasteiger partial charge in [0.15, 0.2) is 0 Å². The number of benzene rings is 2. The highest BCUT2D eigenvalue weighted by atomic mass is 35.5. The van der Waals surface area contributed by atoms with Crippen molar-refractivity contribution < 1.29 is 18.0 Å². The Hall–Kier alpha value is -3.04. The van der Waals surface area contributed by atoms with Crippen LogP contribution in [-0.4, -0.2) is 53.0 Å². The Kier molecular flexibility index (Phi) is 6.70. The smallest absolute Gasteiger partial charge is 0.368 e. The minimum atomic E-state index is -4.69. The van der Waals surface area contributed by atoms with Crippen molar-refractivity contribution >= 4 is 28.9 Å². The first kappa shape index (κ1) is 25.6. The quantitative estimate of drug-likeness (QED) is 0.399. The van der Waals surface area contributed by atoms with Crippen LogP contribution < -0.4 is 10.2 Å². The average molecular weight is 532 g/mol. The Morgan fingerprint density at radius 3 is 2.46 bits per heavy atom. The van der Waals surface area contributed by atoms with Gasteiger partial charge in [-0.25, -0.2) is 4.98 Å². The van der Waals surface area contributed by atoms with E-state index >= 15 is 0 Å². The molecule has 2 heterocycles. The van der Waals surface area contributed by atoms with E-state index in [-0.39, 0.29) is 12.1 Å². The summed E-state index contributed by atoms with van der Waals surface area (Å²) >= 11 is 6.37. The zero-order valence-electron chi connectivity index (χ0n) is 20.9. The first-order valence-electron chi connectivity index (χ1n) is 12.4. The molecule has 0 unspecified atom stereocenters. The molecule has 2 fully saturated rings. The second-order valence-corrected chi connectivity index (χ2v) is 10.5. The SMILES string of the molecule is C[C@@H]1CN(c2ccc(C(=O)Nc3ccc(Cl)c(-c4ncc(C5CC5)[nH]4)c3)c(C(F)(F)F)c2)C[C@H](C)N1C. The van der Waals surface area contributed by atoms with E-state index in [0.717, 1.165) is 24.6 Å². The summed E-state index contributed by atoms with van der Waals surface area (Å²) in [6, 6.07) is 9.07. The molecule has 0 radical (unpaired) electrons. The van der Waals surface area contributed by atoms with Crippen LogP contribution in [0.5, 0.6) is 0 Å². The molecule has 1 saturated heterocycles. The number of nitrogens with one attached hydrogen (secondary N) is 2. The van der Waals surface area contributed by atoms with E-state index in [9.17, 15) is 18.0 Å². The van der Waals surface area contributed by atoms with E-state index in [4.69, 9.17) is 11.6 Å². The van der Waals surface area contributed by atoms with Gasteiger partial charge in [-0.05, 0) is 70.1 Å². The predicted octanol–water partition coefficient (Wildman–Crippen LogP) is 6.41. The van der Waals surface area contributed by atoms with E-state index in [1.54, 1.807) is 30.5 Å². The van der Waals surface area contributed by atoms with Gasteiger partial charge < -0.3 is 15.2 Å². The Morgan fingerprint density at radius 2 is 1.81 bits per heavy atom. The van der Waals surface area contributed by atoms with Crippen molar-refractivity contribution in [3.05, 3.63) is 64.4 Å². The predicted molar refractivity (Wildman–Crippen MR) is 139 cm³/mol. The van der Waals surface area contributed by atoms with Crippen LogP contribution in [0.4, 0.5) is 24.5 Å². The summed E-state index contributed by atoms with van der Waals surface area (Å²) in [4.78, 5) is 24.9. The maximum absolute atomic E-state index is 14.1. The van der Waals surface area contributed by atoms with Crippen LogP contribution in [-0.2, 0) is 6.18 Å². The highest BCUT2D eigenvalue weighted by Gasteiger charge is 2.37. The van der Waals surface area contributed by atoms with Gasteiger partial charge in [0.1, 0.15) is 5.82 Å². The average Bonchev–Trinajstić information content (AvgIpc) is 3.59. The number of aromatic nitrogens is 2. The van der Waals surface area contributed by atoms with Crippen molar-refractivity contribution in [1.29, 1.82) is 0 Å². The summed E-state index contributed by atoms with van der Waals surface area (Å²) in [5, 5.41) is 3.03. The number of anilines is 2. The third-order valence-corrected chi connectivity index (χ3v) is 7.70. The van der Waals surface area contributed by atoms with Gasteiger partial charge in [0, 0.05) is 59.9 Å². The Bertz CT molecular complexity index is 1310. The lowest BCUT2D eigenvalue weighted by atomic mass is 10.0. The highest BCUT2D eigenvalue weighted by molar-refractivity contribution is 6.33. The van der Waals surface area contributed by atoms with Crippen LogP contribution in [0.15, 0.2) is 42.6 Å². The number of hydrogen-bond donors (Lipinski definition) is 2. The fourth-order valence-electron chi connectivity index (χ4n) is 4.83. The van der Waals surface area contributed by atoms with E-state index in [0.29, 0.717) is 46.8 Å². The fourth-order valence-corrected chi connectivity index (χ4v) is 5.04. The molecule has 0 bridgehead atoms. The number of carbonyl (C=O) groups is 1. The summed E-state index contributed by atoms with van der Waals surface area (Å²) in [5.74, 6) is 0.188. The minimum Gasteiger partial charge on any atom is -0.368 e. The molecule has 5 rings (SSSR count). The molecule has 1 aromatic heterocycles. The van der Waals surface area contributed by atoms with E-state index in [1.165, 1.54) is 6.07 Å². The summed E-state index contributed by atoms with van der Waals surface area (Å²) < 4.78 is 42.3. The molecule has 1 aliphatic carbocycles. The van der Waals surface area contributed by atoms with Gasteiger partial charge in [-0.1, -0.05) is 11.6 Å². The number of H-pyrrole nitrogens is 1. The molecular weight excluding hydrogens is 503 g/mol. The van der Waals surface area contributed by atoms with E-state index < -0.39 is 23.2 Å². The number of alkyl halides is 3. The summed E-state index contributed by atoms with van der Waals surface area (Å²) in [5.41, 5.74) is 0.977. The topological polar surface area (TPSA) is 64.3 Å². The molecular formula is C27H29ClF3N5O. The molecule has 1 saturated carbocycles. The molecule has 6 nitrogen and oxygen atoms in total. The van der Waals surface area contributed by atoms with Crippen molar-refractivity contribution in [2.24, 2.45) is 0 Å². The third kappa shape index (κ3) is 5.33. The number of piperazine rings is 1. The Balaban J connectivity index is 1.40. The van der Waals surface area contributed by atoms with Crippen molar-refractivity contribution in [2.75, 3.05) is 30.4 Å². The van der Waals surface area contributed by atoms with Crippen LogP contribution in [0, 0.1) is 0 Å². The van der Waals surface area contributed by atoms with Crippen LogP contribution in [0.25, 0.3) is 11.4 Å². The summed E-state index contributed by atoms with van der Waals surface area (Å²) in [7, 11) is 2.02. The first-order valence-corrected chi connectivity index (χ1v) is 12.7. The molecule has 2 N–H and O–H groups in total. The monoisotopic (exact) mass is 531 g/mol. The molecule has 1 amide bonds. The number of halogens is 4. The van der Waals surface area contributed by atoms with Crippen molar-refractivity contribution in [1.82, 2.24) is 14.9 Å². The summed E-state index contributed by atoms with van der Waals surface area (Å²) in [6.07, 6.45) is -0.698. The number of imidazole rings is 1. The van der Waals surface area contributed by atoms with Crippen molar-refractivity contribution in [3.8, 4) is 11.4 Å². The van der Waals surface area contributed by atoms with Gasteiger partial charge in [-0.15, -0.1) is 0 Å². The zero-order valence-corrected chi connectivity index (χ0v) is 21.6. The molecule has 2 aliphatic rings. The van der Waals surface area contributed by atoms with Gasteiger partial charge in [0.2, 0.25) is 0 Å². The summed E-state index contributed by atoms with van der Waals surface area (Å²) in [6.45, 7) is 5.30. The standard InChI is InChI=1S/C27H29ClF3N5O/c1-15-13-36(14-16(2)35(15)3)19-7-8-20(22(11-19)27(29,30)31)26(37)33-18-6-9-23(28)21(10-18)25-32-12-24(34-25)17-4-5-17/h6-12,15-17H,4-5,13-14H2,1-3H3,(H,32,34)(H,33,37)/t15-,16+. The maximum Gasteiger partial charge on any atom is 0.417 e. The normalized spacial score (nSPS) is 20.8. The lowest BCUT2D eigenvalue weighted by Gasteiger charge is -2.43. The number of nitrogens with zero attached hydrogens (tertiary/aromatic N) is 3. The number of aromatic amines is 1. The molecule has 0 spiro atoms. The highest BCUT2D eigenvalue weighted by Crippen LogP contribution is 2.40. The lowest BCUT2D eigenvalue weighted by Crippen LogP contribution is -2.55. The fraction of sp³-hybridized carbons (Fsp3) is 0.407. The van der Waals surface area contributed by atoms with Gasteiger partial charge in [0.05, 0.1) is 16.1 Å². The lowest BCUT2D eigenvalue weighted by molar-refractivity contribution is -0.137. The number of likely N-dealkylation sites (N-methyl/N-ethyl adjacent to an activating group) is 1.